The summed E-state index contributed by atoms with van der Waals surface area (Å²) < 4.78 is 1.93. The number of nitro groups is 1. The van der Waals surface area contributed by atoms with Gasteiger partial charge in [0.2, 0.25) is 0 Å². The first-order chi connectivity index (χ1) is 13.7. The van der Waals surface area contributed by atoms with Crippen molar-refractivity contribution < 1.29 is 4.92 Å². The van der Waals surface area contributed by atoms with Gasteiger partial charge in [-0.2, -0.15) is 0 Å². The highest BCUT2D eigenvalue weighted by molar-refractivity contribution is 5.86. The molecule has 0 fully saturated rings. The van der Waals surface area contributed by atoms with Crippen LogP contribution in [0.5, 0.6) is 0 Å². The van der Waals surface area contributed by atoms with Crippen molar-refractivity contribution in [2.75, 3.05) is 0 Å². The molecule has 28 heavy (non-hydrogen) atoms. The Morgan fingerprint density at radius 2 is 1.39 bits per heavy atom. The fourth-order valence-corrected chi connectivity index (χ4v) is 3.20. The predicted molar refractivity (Wildman–Crippen MR) is 106 cm³/mol. The molecule has 5 rings (SSSR count). The monoisotopic (exact) mass is 367 g/mol. The maximum atomic E-state index is 11.0. The molecule has 0 N–H and O–H groups in total. The van der Waals surface area contributed by atoms with Gasteiger partial charge in [-0.25, -0.2) is 15.0 Å². The number of imidazole rings is 1. The number of rotatable bonds is 3. The third-order valence-electron chi connectivity index (χ3n) is 4.52. The molecule has 0 aliphatic rings. The number of hydrogen-bond donors (Lipinski definition) is 0. The quantitative estimate of drug-likeness (QED) is 0.345. The number of benzene rings is 3. The van der Waals surface area contributed by atoms with Crippen molar-refractivity contribution in [2.45, 2.75) is 0 Å². The van der Waals surface area contributed by atoms with E-state index in [1.54, 1.807) is 12.1 Å². The lowest BCUT2D eigenvalue weighted by Gasteiger charge is -2.08. The van der Waals surface area contributed by atoms with Gasteiger partial charge in [-0.05, 0) is 36.4 Å². The minimum Gasteiger partial charge on any atom is -0.275 e. The lowest BCUT2D eigenvalue weighted by atomic mass is 10.2. The molecule has 7 heteroatoms. The highest BCUT2D eigenvalue weighted by Gasteiger charge is 2.18. The summed E-state index contributed by atoms with van der Waals surface area (Å²) in [6.45, 7) is 0. The van der Waals surface area contributed by atoms with E-state index in [9.17, 15) is 10.1 Å². The summed E-state index contributed by atoms with van der Waals surface area (Å²) in [6.07, 6.45) is 0. The molecule has 0 spiro atoms. The molecule has 3 aromatic carbocycles. The van der Waals surface area contributed by atoms with Gasteiger partial charge >= 0.3 is 0 Å². The van der Waals surface area contributed by atoms with E-state index >= 15 is 0 Å². The zero-order valence-corrected chi connectivity index (χ0v) is 14.6. The molecule has 0 saturated heterocycles. The summed E-state index contributed by atoms with van der Waals surface area (Å²) in [5, 5.41) is 11.0. The third kappa shape index (κ3) is 2.57. The first-order valence-electron chi connectivity index (χ1n) is 8.66. The average molecular weight is 367 g/mol. The van der Waals surface area contributed by atoms with E-state index in [2.05, 4.69) is 4.98 Å². The van der Waals surface area contributed by atoms with Gasteiger partial charge in [-0.3, -0.25) is 14.7 Å². The van der Waals surface area contributed by atoms with Crippen molar-refractivity contribution in [3.63, 3.8) is 0 Å². The summed E-state index contributed by atoms with van der Waals surface area (Å²) in [5.41, 5.74) is 4.38. The molecule has 5 aromatic rings. The van der Waals surface area contributed by atoms with E-state index in [1.807, 2.05) is 59.2 Å². The second-order valence-electron chi connectivity index (χ2n) is 6.27. The highest BCUT2D eigenvalue weighted by atomic mass is 16.6. The van der Waals surface area contributed by atoms with Crippen LogP contribution in [0.3, 0.4) is 0 Å². The topological polar surface area (TPSA) is 86.7 Å². The second-order valence-corrected chi connectivity index (χ2v) is 6.27. The first-order valence-corrected chi connectivity index (χ1v) is 8.66. The summed E-state index contributed by atoms with van der Waals surface area (Å²) in [4.78, 5) is 24.7. The normalized spacial score (nSPS) is 11.1. The van der Waals surface area contributed by atoms with Crippen LogP contribution in [0, 0.1) is 10.1 Å². The number of para-hydroxylation sites is 3. The van der Waals surface area contributed by atoms with Crippen molar-refractivity contribution in [2.24, 2.45) is 0 Å². The Hall–Kier alpha value is -4.13. The van der Waals surface area contributed by atoms with Gasteiger partial charge in [0.1, 0.15) is 5.82 Å². The van der Waals surface area contributed by atoms with Gasteiger partial charge in [-0.1, -0.05) is 30.3 Å². The molecule has 0 bridgehead atoms. The minimum absolute atomic E-state index is 0.0353. The standard InChI is InChI=1S/C21H13N5O2/c27-26(28)16-12-10-14(11-13-16)20-24-19-21(25(20)15-6-2-1-3-7-15)23-18-9-5-4-8-17(18)22-19/h1-13H. The van der Waals surface area contributed by atoms with Crippen LogP contribution < -0.4 is 0 Å². The van der Waals surface area contributed by atoms with Gasteiger partial charge in [0.05, 0.1) is 16.0 Å². The van der Waals surface area contributed by atoms with Gasteiger partial charge in [0.25, 0.3) is 5.69 Å². The van der Waals surface area contributed by atoms with Gasteiger partial charge in [-0.15, -0.1) is 0 Å². The van der Waals surface area contributed by atoms with Crippen LogP contribution in [-0.4, -0.2) is 24.4 Å². The zero-order chi connectivity index (χ0) is 19.1. The summed E-state index contributed by atoms with van der Waals surface area (Å²) in [7, 11) is 0. The van der Waals surface area contributed by atoms with Gasteiger partial charge < -0.3 is 0 Å². The Balaban J connectivity index is 1.82. The average Bonchev–Trinajstić information content (AvgIpc) is 3.11. The molecule has 0 aliphatic heterocycles. The molecule has 2 heterocycles. The molecular formula is C21H13N5O2. The summed E-state index contributed by atoms with van der Waals surface area (Å²) in [6, 6.07) is 23.7. The van der Waals surface area contributed by atoms with Crippen molar-refractivity contribution in [1.82, 2.24) is 19.5 Å². The Morgan fingerprint density at radius 1 is 0.750 bits per heavy atom. The lowest BCUT2D eigenvalue weighted by molar-refractivity contribution is -0.384. The first kappa shape index (κ1) is 16.1. The van der Waals surface area contributed by atoms with Crippen molar-refractivity contribution >= 4 is 28.0 Å². The maximum Gasteiger partial charge on any atom is 0.269 e. The van der Waals surface area contributed by atoms with E-state index in [-0.39, 0.29) is 5.69 Å². The molecule has 0 amide bonds. The van der Waals surface area contributed by atoms with Crippen LogP contribution in [0.2, 0.25) is 0 Å². The number of non-ortho nitro benzene ring substituents is 1. The van der Waals surface area contributed by atoms with Crippen LogP contribution in [-0.2, 0) is 0 Å². The lowest BCUT2D eigenvalue weighted by Crippen LogP contribution is -1.99. The van der Waals surface area contributed by atoms with Crippen LogP contribution in [0.1, 0.15) is 0 Å². The Morgan fingerprint density at radius 3 is 2.07 bits per heavy atom. The third-order valence-corrected chi connectivity index (χ3v) is 4.52. The molecule has 0 aliphatic carbocycles. The Bertz CT molecular complexity index is 1330. The maximum absolute atomic E-state index is 11.0. The number of aromatic nitrogens is 4. The van der Waals surface area contributed by atoms with Crippen molar-refractivity contribution in [3.05, 3.63) is 89.0 Å². The number of nitro benzene ring substituents is 1. The van der Waals surface area contributed by atoms with E-state index in [0.717, 1.165) is 22.3 Å². The Kier molecular flexibility index (Phi) is 3.58. The largest absolute Gasteiger partial charge is 0.275 e. The minimum atomic E-state index is -0.417. The molecule has 0 saturated carbocycles. The van der Waals surface area contributed by atoms with Gasteiger partial charge in [0, 0.05) is 23.4 Å². The molecular weight excluding hydrogens is 354 g/mol. The molecule has 7 nitrogen and oxygen atoms in total. The van der Waals surface area contributed by atoms with E-state index < -0.39 is 4.92 Å². The number of fused-ring (bicyclic) bond motifs is 2. The van der Waals surface area contributed by atoms with Crippen LogP contribution in [0.15, 0.2) is 78.9 Å². The second kappa shape index (κ2) is 6.24. The molecule has 0 unspecified atom stereocenters. The fraction of sp³-hybridized carbons (Fsp3) is 0. The molecule has 134 valence electrons. The molecule has 0 atom stereocenters. The molecule has 0 radical (unpaired) electrons. The van der Waals surface area contributed by atoms with E-state index in [0.29, 0.717) is 17.1 Å². The predicted octanol–water partition coefficient (Wildman–Crippen LogP) is 4.54. The fourth-order valence-electron chi connectivity index (χ4n) is 3.20. The van der Waals surface area contributed by atoms with E-state index in [4.69, 9.17) is 9.97 Å². The van der Waals surface area contributed by atoms with Gasteiger partial charge in [0.15, 0.2) is 11.3 Å². The summed E-state index contributed by atoms with van der Waals surface area (Å²) in [5.74, 6) is 0.631. The van der Waals surface area contributed by atoms with Crippen LogP contribution in [0.4, 0.5) is 5.69 Å². The van der Waals surface area contributed by atoms with Crippen LogP contribution >= 0.6 is 0 Å². The Labute approximate surface area is 159 Å². The number of nitrogens with zero attached hydrogens (tertiary/aromatic N) is 5. The van der Waals surface area contributed by atoms with Crippen LogP contribution in [0.25, 0.3) is 39.4 Å². The summed E-state index contributed by atoms with van der Waals surface area (Å²) >= 11 is 0. The van der Waals surface area contributed by atoms with Crippen molar-refractivity contribution in [1.29, 1.82) is 0 Å². The smallest absolute Gasteiger partial charge is 0.269 e. The SMILES string of the molecule is O=[N+]([O-])c1ccc(-c2nc3nc4ccccc4nc3n2-c2ccccc2)cc1. The van der Waals surface area contributed by atoms with Crippen molar-refractivity contribution in [3.8, 4) is 17.1 Å². The number of hydrogen-bond acceptors (Lipinski definition) is 5. The zero-order valence-electron chi connectivity index (χ0n) is 14.6. The highest BCUT2D eigenvalue weighted by Crippen LogP contribution is 2.29. The molecule has 2 aromatic heterocycles. The van der Waals surface area contributed by atoms with E-state index in [1.165, 1.54) is 12.1 Å².